The topological polar surface area (TPSA) is 75.6 Å². The smallest absolute Gasteiger partial charge is 0.244 e. The van der Waals surface area contributed by atoms with Crippen molar-refractivity contribution >= 4 is 21.6 Å². The number of aryl methyl sites for hydroxylation is 1. The highest BCUT2D eigenvalue weighted by atomic mass is 35.5. The highest BCUT2D eigenvalue weighted by Crippen LogP contribution is 2.30. The summed E-state index contributed by atoms with van der Waals surface area (Å²) in [4.78, 5) is -0.0226. The van der Waals surface area contributed by atoms with E-state index in [4.69, 9.17) is 21.4 Å². The van der Waals surface area contributed by atoms with E-state index in [1.54, 1.807) is 19.9 Å². The van der Waals surface area contributed by atoms with Crippen molar-refractivity contribution in [3.05, 3.63) is 22.7 Å². The van der Waals surface area contributed by atoms with Crippen molar-refractivity contribution < 1.29 is 18.3 Å². The van der Waals surface area contributed by atoms with Crippen molar-refractivity contribution in [1.29, 1.82) is 0 Å². The van der Waals surface area contributed by atoms with E-state index < -0.39 is 16.1 Å². The molecule has 19 heavy (non-hydrogen) atoms. The Morgan fingerprint density at radius 3 is 2.63 bits per heavy atom. The molecule has 0 fully saturated rings. The molecule has 0 amide bonds. The number of hydrogen-bond acceptors (Lipinski definition) is 4. The van der Waals surface area contributed by atoms with E-state index in [-0.39, 0.29) is 17.2 Å². The molecule has 0 unspecified atom stereocenters. The molecule has 7 heteroatoms. The Bertz CT molecular complexity index is 543. The van der Waals surface area contributed by atoms with Crippen LogP contribution in [0, 0.1) is 6.92 Å². The van der Waals surface area contributed by atoms with E-state index in [0.29, 0.717) is 11.6 Å². The third-order valence-electron chi connectivity index (χ3n) is 2.38. The maximum absolute atomic E-state index is 12.1. The molecule has 0 aromatic heterocycles. The first kappa shape index (κ1) is 16.2. The third-order valence-corrected chi connectivity index (χ3v) is 4.24. The lowest BCUT2D eigenvalue weighted by Gasteiger charge is -2.14. The first-order valence-corrected chi connectivity index (χ1v) is 7.74. The van der Waals surface area contributed by atoms with Gasteiger partial charge in [-0.2, -0.15) is 0 Å². The Kier molecular flexibility index (Phi) is 5.61. The second-order valence-electron chi connectivity index (χ2n) is 4.18. The zero-order valence-electron chi connectivity index (χ0n) is 11.1. The van der Waals surface area contributed by atoms with Crippen molar-refractivity contribution in [3.63, 3.8) is 0 Å². The molecule has 1 atom stereocenters. The fourth-order valence-electron chi connectivity index (χ4n) is 1.42. The number of ether oxygens (including phenoxy) is 1. The molecule has 0 saturated carbocycles. The molecule has 1 rings (SSSR count). The van der Waals surface area contributed by atoms with Gasteiger partial charge in [-0.25, -0.2) is 13.1 Å². The predicted molar refractivity (Wildman–Crippen MR) is 74.2 cm³/mol. The van der Waals surface area contributed by atoms with Crippen molar-refractivity contribution in [2.75, 3.05) is 13.2 Å². The minimum absolute atomic E-state index is 0.0226. The molecule has 0 radical (unpaired) electrons. The van der Waals surface area contributed by atoms with E-state index >= 15 is 0 Å². The fraction of sp³-hybridized carbons (Fsp3) is 0.500. The zero-order chi connectivity index (χ0) is 14.6. The van der Waals surface area contributed by atoms with Gasteiger partial charge in [0.2, 0.25) is 10.0 Å². The van der Waals surface area contributed by atoms with Crippen LogP contribution in [-0.2, 0) is 10.0 Å². The molecular weight excluding hydrogens is 290 g/mol. The minimum atomic E-state index is -3.77. The fourth-order valence-corrected chi connectivity index (χ4v) is 2.92. The van der Waals surface area contributed by atoms with Crippen molar-refractivity contribution in [2.45, 2.75) is 31.8 Å². The Morgan fingerprint density at radius 1 is 1.47 bits per heavy atom. The molecule has 0 aliphatic rings. The van der Waals surface area contributed by atoms with Crippen LogP contribution in [0.25, 0.3) is 0 Å². The van der Waals surface area contributed by atoms with E-state index in [2.05, 4.69) is 4.72 Å². The maximum atomic E-state index is 12.1. The maximum Gasteiger partial charge on any atom is 0.244 e. The number of benzene rings is 1. The summed E-state index contributed by atoms with van der Waals surface area (Å²) in [5.74, 6) is 0.252. The van der Waals surface area contributed by atoms with E-state index in [1.807, 2.05) is 0 Å². The summed E-state index contributed by atoms with van der Waals surface area (Å²) in [5, 5.41) is 9.50. The molecule has 1 aromatic rings. The number of rotatable bonds is 6. The lowest BCUT2D eigenvalue weighted by molar-refractivity contribution is 0.198. The number of hydrogen-bond donors (Lipinski definition) is 2. The van der Waals surface area contributed by atoms with Gasteiger partial charge < -0.3 is 9.84 Å². The van der Waals surface area contributed by atoms with E-state index in [1.165, 1.54) is 13.0 Å². The van der Waals surface area contributed by atoms with Crippen LogP contribution in [0.4, 0.5) is 0 Å². The lowest BCUT2D eigenvalue weighted by atomic mass is 10.2. The van der Waals surface area contributed by atoms with Crippen LogP contribution in [0.1, 0.15) is 19.4 Å². The van der Waals surface area contributed by atoms with Gasteiger partial charge in [-0.15, -0.1) is 0 Å². The summed E-state index contributed by atoms with van der Waals surface area (Å²) in [6.07, 6.45) is -0.772. The first-order chi connectivity index (χ1) is 8.77. The number of sulfonamides is 1. The summed E-state index contributed by atoms with van der Waals surface area (Å²) < 4.78 is 31.9. The summed E-state index contributed by atoms with van der Waals surface area (Å²) in [6, 6.07) is 2.94. The van der Waals surface area contributed by atoms with Gasteiger partial charge in [0.05, 0.1) is 12.7 Å². The molecule has 0 saturated heterocycles. The molecule has 0 aliphatic heterocycles. The molecule has 2 N–H and O–H groups in total. The largest absolute Gasteiger partial charge is 0.492 e. The average molecular weight is 308 g/mol. The molecule has 0 spiro atoms. The normalized spacial score (nSPS) is 13.3. The van der Waals surface area contributed by atoms with E-state index in [9.17, 15) is 8.42 Å². The molecule has 0 bridgehead atoms. The highest BCUT2D eigenvalue weighted by Gasteiger charge is 2.21. The third kappa shape index (κ3) is 4.35. The first-order valence-electron chi connectivity index (χ1n) is 5.88. The SMILES string of the molecule is CCOc1cc(C)c(Cl)cc1S(=O)(=O)NC[C@@H](C)O. The standard InChI is InChI=1S/C12H18ClNO4S/c1-4-18-11-5-8(2)10(13)6-12(11)19(16,17)14-7-9(3)15/h5-6,9,14-15H,4,7H2,1-3H3/t9-/m1/s1. The minimum Gasteiger partial charge on any atom is -0.492 e. The second-order valence-corrected chi connectivity index (χ2v) is 6.32. The van der Waals surface area contributed by atoms with Crippen LogP contribution in [0.2, 0.25) is 5.02 Å². The Morgan fingerprint density at radius 2 is 2.11 bits per heavy atom. The van der Waals surface area contributed by atoms with Gasteiger partial charge in [-0.05, 0) is 38.5 Å². The lowest BCUT2D eigenvalue weighted by Crippen LogP contribution is -2.31. The molecule has 1 aromatic carbocycles. The highest BCUT2D eigenvalue weighted by molar-refractivity contribution is 7.89. The Labute approximate surface area is 118 Å². The molecule has 0 heterocycles. The molecular formula is C12H18ClNO4S. The second kappa shape index (κ2) is 6.56. The van der Waals surface area contributed by atoms with Crippen LogP contribution in [-0.4, -0.2) is 32.8 Å². The number of halogens is 1. The number of nitrogens with one attached hydrogen (secondary N) is 1. The molecule has 0 aliphatic carbocycles. The molecule has 108 valence electrons. The van der Waals surface area contributed by atoms with Gasteiger partial charge >= 0.3 is 0 Å². The number of aliphatic hydroxyl groups is 1. The zero-order valence-corrected chi connectivity index (χ0v) is 12.7. The summed E-state index contributed by atoms with van der Waals surface area (Å²) in [7, 11) is -3.77. The molecule has 5 nitrogen and oxygen atoms in total. The van der Waals surface area contributed by atoms with Gasteiger partial charge in [-0.3, -0.25) is 0 Å². The van der Waals surface area contributed by atoms with Gasteiger partial charge in [0.25, 0.3) is 0 Å². The van der Waals surface area contributed by atoms with Crippen LogP contribution in [0.5, 0.6) is 5.75 Å². The quantitative estimate of drug-likeness (QED) is 0.839. The summed E-state index contributed by atoms with van der Waals surface area (Å²) >= 11 is 5.96. The van der Waals surface area contributed by atoms with Crippen LogP contribution in [0.15, 0.2) is 17.0 Å². The summed E-state index contributed by atoms with van der Waals surface area (Å²) in [5.41, 5.74) is 0.736. The van der Waals surface area contributed by atoms with Crippen LogP contribution >= 0.6 is 11.6 Å². The van der Waals surface area contributed by atoms with Gasteiger partial charge in [0.15, 0.2) is 0 Å². The van der Waals surface area contributed by atoms with Crippen molar-refractivity contribution in [3.8, 4) is 5.75 Å². The summed E-state index contributed by atoms with van der Waals surface area (Å²) in [6.45, 7) is 5.31. The van der Waals surface area contributed by atoms with Crippen LogP contribution in [0.3, 0.4) is 0 Å². The average Bonchev–Trinajstić information content (AvgIpc) is 2.31. The Balaban J connectivity index is 3.20. The van der Waals surface area contributed by atoms with Gasteiger partial charge in [0.1, 0.15) is 10.6 Å². The van der Waals surface area contributed by atoms with Gasteiger partial charge in [-0.1, -0.05) is 11.6 Å². The number of aliphatic hydroxyl groups excluding tert-OH is 1. The van der Waals surface area contributed by atoms with Crippen LogP contribution < -0.4 is 9.46 Å². The van der Waals surface area contributed by atoms with Crippen molar-refractivity contribution in [2.24, 2.45) is 0 Å². The van der Waals surface area contributed by atoms with E-state index in [0.717, 1.165) is 5.56 Å². The monoisotopic (exact) mass is 307 g/mol. The Hall–Kier alpha value is -0.820. The predicted octanol–water partition coefficient (Wildman–Crippen LogP) is 1.71. The van der Waals surface area contributed by atoms with Crippen molar-refractivity contribution in [1.82, 2.24) is 4.72 Å². The van der Waals surface area contributed by atoms with Gasteiger partial charge in [0, 0.05) is 11.6 Å².